The number of carboxylic acids is 3. The van der Waals surface area contributed by atoms with E-state index in [0.29, 0.717) is 17.5 Å². The number of aliphatic hydroxyl groups excluding tert-OH is 1. The molecule has 0 aliphatic rings. The monoisotopic (exact) mass is 2070 g/mol. The minimum Gasteiger partial charge on any atom is -1.00 e. The van der Waals surface area contributed by atoms with Gasteiger partial charge in [-0.1, -0.05) is 38.6 Å². The maximum absolute atomic E-state index is 11.3. The molecule has 0 aliphatic heterocycles. The van der Waals surface area contributed by atoms with Crippen LogP contribution in [0.5, 0.6) is 0 Å². The van der Waals surface area contributed by atoms with Crippen LogP contribution in [0.15, 0.2) is 112 Å². The molecule has 0 bridgehead atoms. The molecule has 0 saturated carbocycles. The summed E-state index contributed by atoms with van der Waals surface area (Å²) in [4.78, 5) is 235. The number of esters is 2. The molecule has 6 aromatic heterocycles. The summed E-state index contributed by atoms with van der Waals surface area (Å²) in [5.41, 5.74) is 0. The second kappa shape index (κ2) is 58.4. The topological polar surface area (TPSA) is 941 Å². The number of ketones is 1. The number of hydrogen-bond acceptors (Lipinski definition) is 30. The van der Waals surface area contributed by atoms with Crippen LogP contribution in [0.1, 0.15) is 27.7 Å². The van der Waals surface area contributed by atoms with E-state index in [1.807, 2.05) is 25.6 Å². The number of nitrogens with zero attached hydrogens (tertiary/aromatic N) is 12. The maximum atomic E-state index is 11.3. The normalized spacial score (nSPS) is 13.4. The zero-order chi connectivity index (χ0) is 89.8. The molecule has 73 heteroatoms. The van der Waals surface area contributed by atoms with Crippen LogP contribution in [0.3, 0.4) is 0 Å². The van der Waals surface area contributed by atoms with Crippen molar-refractivity contribution >= 4 is 124 Å². The first-order valence-corrected chi connectivity index (χ1v) is 48.0. The van der Waals surface area contributed by atoms with Gasteiger partial charge in [0.25, 0.3) is 8.25 Å². The Balaban J connectivity index is -0.000000151. The summed E-state index contributed by atoms with van der Waals surface area (Å²) < 4.78 is 119. The van der Waals surface area contributed by atoms with Gasteiger partial charge in [-0.15, -0.1) is 11.6 Å². The maximum Gasteiger partial charge on any atom is 1.00 e. The fourth-order valence-electron chi connectivity index (χ4n) is 7.35. The molecule has 0 spiro atoms. The number of aromatic nitrogens is 12. The van der Waals surface area contributed by atoms with Crippen LogP contribution < -0.4 is 131 Å². The van der Waals surface area contributed by atoms with E-state index in [0.717, 1.165) is 79.7 Å². The molecular weight excluding hydrogens is 1980 g/mol. The molecule has 0 saturated heterocycles. The van der Waals surface area contributed by atoms with E-state index in [1.54, 1.807) is 27.9 Å². The van der Waals surface area contributed by atoms with Crippen molar-refractivity contribution in [3.8, 4) is 0 Å². The second-order valence-electron chi connectivity index (χ2n) is 23.9. The fraction of sp³-hybridized carbons (Fsp3) is 0.510. The Hall–Kier alpha value is -4.11. The van der Waals surface area contributed by atoms with Crippen LogP contribution in [0, 0.1) is 0 Å². The molecule has 0 aromatic carbocycles. The van der Waals surface area contributed by atoms with Gasteiger partial charge in [-0.05, 0) is 14.5 Å². The molecule has 6 aromatic rings. The van der Waals surface area contributed by atoms with E-state index in [1.165, 1.54) is 48.3 Å². The summed E-state index contributed by atoms with van der Waals surface area (Å²) >= 11 is 4.98. The summed E-state index contributed by atoms with van der Waals surface area (Å²) in [5, 5.41) is 59.5. The van der Waals surface area contributed by atoms with Crippen molar-refractivity contribution in [3.05, 3.63) is 112 Å². The Morgan fingerprint density at radius 1 is 0.533 bits per heavy atom. The number of rotatable bonds is 31. The number of hydrogen-bond donors (Lipinski definition) is 20. The molecule has 0 amide bonds. The summed E-state index contributed by atoms with van der Waals surface area (Å²) in [6.45, 7) is 4.25. The Bertz CT molecular complexity index is 4430. The van der Waals surface area contributed by atoms with Gasteiger partial charge < -0.3 is 217 Å². The number of carbonyl (C=O) groups is 6. The average molecular weight is 2080 g/mol. The molecule has 5 unspecified atom stereocenters. The third kappa shape index (κ3) is 50.0. The molecular formula is C49H91Cl5N12NaO45P9Si-4. The number of aliphatic hydroxyl groups is 5. The van der Waals surface area contributed by atoms with E-state index in [2.05, 4.69) is 38.3 Å². The first-order chi connectivity index (χ1) is 51.2. The van der Waals surface area contributed by atoms with E-state index in [4.69, 9.17) is 105 Å². The Morgan fingerprint density at radius 3 is 1.12 bits per heavy atom. The van der Waals surface area contributed by atoms with Gasteiger partial charge in [0, 0.05) is 18.8 Å². The van der Waals surface area contributed by atoms with Crippen LogP contribution >= 0.6 is 80.6 Å². The Labute approximate surface area is 744 Å². The summed E-state index contributed by atoms with van der Waals surface area (Å²) in [7, 11) is -46.4. The molecule has 0 radical (unpaired) electrons. The minimum absolute atomic E-state index is 0. The molecule has 6 rings (SSSR count). The predicted molar refractivity (Wildman–Crippen MR) is 376 cm³/mol. The van der Waals surface area contributed by atoms with Crippen molar-refractivity contribution in [2.45, 2.75) is 139 Å². The number of Topliss-reactive ketones (excluding diaryl/α,β-unsaturated/α-hetero) is 1. The Kier molecular flexibility index (Phi) is 66.3. The summed E-state index contributed by atoms with van der Waals surface area (Å²) in [6.07, 6.45) is 25.2. The standard InChI is InChI=1S/C10H15N2O3.C8H17N2O11P3.C7H15N2O11P3.C7H12N2O9P2.C7H8N2O4.C6H12N2Si.C3H5ClO2.CH4.4ClH.Na.HO3P.2H2O/c1-3-9(13)6-11-4-5-12(8-11)7-10(14)15-2;1-7(11,22(13,14)15)4-9-2-3-10(6-9)5-8(12,23(16,17)18)24(19,20)21;10-6(21(12,13)14)3-8-1-2-9(5-8)4-7(11,22(15,16)17)23(18,19)20;10-6(11)3-8-1-2-9(5-8)4-7(12,19(13,14)15)20(16,17)18;10-6(11)3-8-1-2-9(5-8)4-7(12)13;1-9(2,3)8-5-4-7-6-8;1-6-3(5)2-4;;;;;;;1-4(2)3;;/h4-5,8H,3,6-7H2,1-2H3;2-3,6,11-12H,4-5H2,1H3,(H5-,13,14,15,16,17,18,19,20,21);1-2,5-6,10-11H,3-4H2,(H5-,12,13,14,15,16,17,18,19,20);1-2,5,12H,3-4H2,(H4-,10,11,13,14,15,16,17,18);1-2,5H,3-4H2,(H-,10,11,12,13);4-6H,1-3H3;2H2,1H3;1H4;4*1H;;(H,1,2,3);2*1H2/q+1;;;;;;;;;;;;+1;;;/p-6. The zero-order valence-corrected chi connectivity index (χ0v) is 78.3. The van der Waals surface area contributed by atoms with E-state index in [9.17, 15) is 105 Å². The quantitative estimate of drug-likeness (QED) is 0.00632. The van der Waals surface area contributed by atoms with Gasteiger partial charge in [0.1, 0.15) is 107 Å². The molecule has 706 valence electrons. The van der Waals surface area contributed by atoms with E-state index < -0.39 is 167 Å². The summed E-state index contributed by atoms with van der Waals surface area (Å²) in [6, 6.07) is 0. The van der Waals surface area contributed by atoms with Crippen molar-refractivity contribution in [2.24, 2.45) is 0 Å². The third-order valence-corrected chi connectivity index (χ3v) is 28.7. The largest absolute Gasteiger partial charge is 1.00 e. The van der Waals surface area contributed by atoms with E-state index >= 15 is 0 Å². The molecule has 0 aliphatic carbocycles. The van der Waals surface area contributed by atoms with Gasteiger partial charge in [0.05, 0.1) is 20.5 Å². The average Bonchev–Trinajstić information content (AvgIpc) is 1.17. The molecule has 122 heavy (non-hydrogen) atoms. The SMILES string of the molecule is C.CC(O)(C[n+]1ccn(CC(O)(P(=O)(O)O)P(=O)(O)O)c1)P(=O)(O)O.CCC(=O)C[n+]1ccn(CC(=O)OC)c1.COC(=O)CCl.C[Si](C)(C)n1ccnc1.O.O=C(O)C[n+]1ccn(CC(O)(P(=O)(O)O)P(=O)(O)O)c1.O=C(O)Cn1cc[n+](CC(=O)O)c1.O=P([O-])(O)C(O)Cn1cc[n+](CC(O)(P(=O)([O-])[O-])P(=O)([O-])O)c1.O=[P+]([O-])[O-].[Cl-].[Cl-].[Cl-].[Cl-].[Na+].[OH-]. The first-order valence-electron chi connectivity index (χ1n) is 30.1. The number of methoxy groups -OCH3 is 2. The molecule has 5 atom stereocenters. The molecule has 57 nitrogen and oxygen atoms in total. The number of alkyl halides is 1. The van der Waals surface area contributed by atoms with Gasteiger partial charge in [-0.3, -0.25) is 32.4 Å². The zero-order valence-electron chi connectivity index (χ0n) is 63.5. The van der Waals surface area contributed by atoms with Gasteiger partial charge in [0.15, 0.2) is 66.3 Å². The van der Waals surface area contributed by atoms with Gasteiger partial charge in [-0.25, -0.2) is 69.8 Å². The van der Waals surface area contributed by atoms with Crippen LogP contribution in [-0.2, 0) is 145 Å². The fourth-order valence-corrected chi connectivity index (χ4v) is 15.2. The van der Waals surface area contributed by atoms with Crippen molar-refractivity contribution in [1.82, 2.24) is 32.1 Å². The molecule has 0 fully saturated rings. The van der Waals surface area contributed by atoms with Crippen molar-refractivity contribution in [2.75, 3.05) is 20.1 Å². The van der Waals surface area contributed by atoms with Gasteiger partial charge in [0.2, 0.25) is 37.0 Å². The molecule has 23 N–H and O–H groups in total. The number of carboxylic acid groups (broad SMARTS) is 3. The first kappa shape index (κ1) is 138. The second-order valence-corrected chi connectivity index (χ2v) is 45.1. The number of ether oxygens (including phenoxy) is 2. The van der Waals surface area contributed by atoms with Crippen molar-refractivity contribution in [3.63, 3.8) is 0 Å². The van der Waals surface area contributed by atoms with Crippen LogP contribution in [-0.4, -0.2) is 233 Å². The number of carbonyl (C=O) groups excluding carboxylic acids is 3. The van der Waals surface area contributed by atoms with Crippen molar-refractivity contribution < 1.29 is 321 Å². The van der Waals surface area contributed by atoms with Crippen LogP contribution in [0.2, 0.25) is 19.6 Å². The van der Waals surface area contributed by atoms with Crippen molar-refractivity contribution in [1.29, 1.82) is 0 Å². The van der Waals surface area contributed by atoms with E-state index in [-0.39, 0.29) is 135 Å². The number of imidazole rings is 6. The van der Waals surface area contributed by atoms with Crippen LogP contribution in [0.4, 0.5) is 0 Å². The minimum atomic E-state index is -6.20. The molecule has 6 heterocycles. The van der Waals surface area contributed by atoms with Gasteiger partial charge >= 0.3 is 108 Å². The van der Waals surface area contributed by atoms with Crippen LogP contribution in [0.25, 0.3) is 0 Å². The third-order valence-electron chi connectivity index (χ3n) is 13.4. The Morgan fingerprint density at radius 2 is 0.852 bits per heavy atom. The number of aliphatic carboxylic acids is 3. The summed E-state index contributed by atoms with van der Waals surface area (Å²) in [5.74, 6) is -5.90. The van der Waals surface area contributed by atoms with Gasteiger partial charge in [-0.2, -0.15) is 0 Å². The number of halogens is 5. The smallest absolute Gasteiger partial charge is 1.00 e. The predicted octanol–water partition coefficient (Wildman–Crippen LogP) is -25.9.